The highest BCUT2D eigenvalue weighted by molar-refractivity contribution is 7.89. The van der Waals surface area contributed by atoms with E-state index in [1.807, 2.05) is 0 Å². The Balaban J connectivity index is 2.07. The van der Waals surface area contributed by atoms with E-state index in [-0.39, 0.29) is 11.4 Å². The van der Waals surface area contributed by atoms with Crippen molar-refractivity contribution in [2.75, 3.05) is 0 Å². The Morgan fingerprint density at radius 1 is 1.38 bits per heavy atom. The van der Waals surface area contributed by atoms with E-state index >= 15 is 0 Å². The number of H-pyrrole nitrogens is 1. The number of sulfonamides is 1. The van der Waals surface area contributed by atoms with Crippen molar-refractivity contribution < 1.29 is 8.42 Å². The number of nitrogens with zero attached hydrogens (tertiary/aromatic N) is 2. The molecule has 2 aromatic heterocycles. The first-order chi connectivity index (χ1) is 7.68. The van der Waals surface area contributed by atoms with Crippen molar-refractivity contribution in [3.63, 3.8) is 0 Å². The van der Waals surface area contributed by atoms with Gasteiger partial charge in [0.1, 0.15) is 4.90 Å². The van der Waals surface area contributed by atoms with Gasteiger partial charge in [0.05, 0.1) is 6.20 Å². The summed E-state index contributed by atoms with van der Waals surface area (Å²) in [6.45, 7) is 0.210. The van der Waals surface area contributed by atoms with Gasteiger partial charge in [-0.05, 0) is 11.6 Å². The summed E-state index contributed by atoms with van der Waals surface area (Å²) in [7, 11) is -3.49. The number of aromatic nitrogens is 3. The summed E-state index contributed by atoms with van der Waals surface area (Å²) in [5, 5.41) is 6.04. The minimum atomic E-state index is -3.49. The van der Waals surface area contributed by atoms with E-state index in [1.54, 1.807) is 24.5 Å². The van der Waals surface area contributed by atoms with Crippen molar-refractivity contribution in [2.45, 2.75) is 11.4 Å². The molecule has 0 unspecified atom stereocenters. The number of pyridine rings is 1. The van der Waals surface area contributed by atoms with Crippen LogP contribution in [-0.2, 0) is 16.6 Å². The molecule has 0 spiro atoms. The highest BCUT2D eigenvalue weighted by Gasteiger charge is 2.14. The zero-order chi connectivity index (χ0) is 11.4. The van der Waals surface area contributed by atoms with E-state index in [4.69, 9.17) is 0 Å². The van der Waals surface area contributed by atoms with Gasteiger partial charge in [0, 0.05) is 25.1 Å². The SMILES string of the molecule is O=S(=O)(NCc1cccnc1)c1cn[nH]c1. The molecule has 0 aliphatic carbocycles. The third kappa shape index (κ3) is 2.44. The maximum atomic E-state index is 11.7. The summed E-state index contributed by atoms with van der Waals surface area (Å²) in [4.78, 5) is 4.02. The van der Waals surface area contributed by atoms with Crippen LogP contribution in [0.2, 0.25) is 0 Å². The van der Waals surface area contributed by atoms with Crippen molar-refractivity contribution in [1.29, 1.82) is 0 Å². The first-order valence-electron chi connectivity index (χ1n) is 4.56. The zero-order valence-corrected chi connectivity index (χ0v) is 9.11. The summed E-state index contributed by atoms with van der Waals surface area (Å²) < 4.78 is 25.8. The van der Waals surface area contributed by atoms with E-state index in [9.17, 15) is 8.42 Å². The second-order valence-corrected chi connectivity index (χ2v) is 4.89. The van der Waals surface area contributed by atoms with Crippen LogP contribution in [0, 0.1) is 0 Å². The molecule has 0 aliphatic rings. The van der Waals surface area contributed by atoms with Crippen molar-refractivity contribution in [3.05, 3.63) is 42.5 Å². The Kier molecular flexibility index (Phi) is 2.97. The standard InChI is InChI=1S/C9H10N4O2S/c14-16(15,9-6-11-12-7-9)13-5-8-2-1-3-10-4-8/h1-4,6-7,13H,5H2,(H,11,12). The first kappa shape index (κ1) is 10.8. The van der Waals surface area contributed by atoms with Gasteiger partial charge in [-0.15, -0.1) is 0 Å². The molecule has 7 heteroatoms. The fourth-order valence-corrected chi connectivity index (χ4v) is 2.07. The van der Waals surface area contributed by atoms with Gasteiger partial charge < -0.3 is 0 Å². The smallest absolute Gasteiger partial charge is 0.243 e. The molecule has 0 radical (unpaired) electrons. The van der Waals surface area contributed by atoms with Crippen LogP contribution in [0.25, 0.3) is 0 Å². The number of rotatable bonds is 4. The van der Waals surface area contributed by atoms with Crippen LogP contribution in [-0.4, -0.2) is 23.6 Å². The number of hydrogen-bond donors (Lipinski definition) is 2. The summed E-state index contributed by atoms with van der Waals surface area (Å²) in [6, 6.07) is 3.55. The third-order valence-electron chi connectivity index (χ3n) is 1.97. The average molecular weight is 238 g/mol. The van der Waals surface area contributed by atoms with Gasteiger partial charge in [0.15, 0.2) is 0 Å². The van der Waals surface area contributed by atoms with Gasteiger partial charge in [0.25, 0.3) is 0 Å². The van der Waals surface area contributed by atoms with Crippen LogP contribution < -0.4 is 4.72 Å². The molecule has 16 heavy (non-hydrogen) atoms. The molecule has 0 atom stereocenters. The van der Waals surface area contributed by atoms with E-state index in [2.05, 4.69) is 19.9 Å². The van der Waals surface area contributed by atoms with Gasteiger partial charge >= 0.3 is 0 Å². The third-order valence-corrected chi connectivity index (χ3v) is 3.34. The molecule has 0 aromatic carbocycles. The molecule has 0 amide bonds. The molecule has 0 bridgehead atoms. The Morgan fingerprint density at radius 3 is 2.88 bits per heavy atom. The molecule has 84 valence electrons. The van der Waals surface area contributed by atoms with Crippen LogP contribution in [0.15, 0.2) is 41.8 Å². The van der Waals surface area contributed by atoms with Crippen LogP contribution in [0.1, 0.15) is 5.56 Å². The largest absolute Gasteiger partial charge is 0.284 e. The van der Waals surface area contributed by atoms with E-state index < -0.39 is 10.0 Å². The monoisotopic (exact) mass is 238 g/mol. The van der Waals surface area contributed by atoms with E-state index in [1.165, 1.54) is 12.4 Å². The highest BCUT2D eigenvalue weighted by atomic mass is 32.2. The Bertz CT molecular complexity index is 536. The minimum absolute atomic E-state index is 0.122. The lowest BCUT2D eigenvalue weighted by atomic mass is 10.3. The van der Waals surface area contributed by atoms with Crippen LogP contribution in [0.5, 0.6) is 0 Å². The zero-order valence-electron chi connectivity index (χ0n) is 8.29. The van der Waals surface area contributed by atoms with Crippen molar-refractivity contribution in [2.24, 2.45) is 0 Å². The first-order valence-corrected chi connectivity index (χ1v) is 6.04. The molecule has 2 aromatic rings. The number of aromatic amines is 1. The van der Waals surface area contributed by atoms with Crippen molar-refractivity contribution in [3.8, 4) is 0 Å². The molecule has 0 saturated carbocycles. The Morgan fingerprint density at radius 2 is 2.25 bits per heavy atom. The van der Waals surface area contributed by atoms with Gasteiger partial charge in [-0.25, -0.2) is 13.1 Å². The molecular weight excluding hydrogens is 228 g/mol. The molecule has 2 N–H and O–H groups in total. The van der Waals surface area contributed by atoms with Gasteiger partial charge in [0.2, 0.25) is 10.0 Å². The van der Waals surface area contributed by atoms with Gasteiger partial charge in [-0.3, -0.25) is 10.1 Å². The van der Waals surface area contributed by atoms with Crippen LogP contribution in [0.3, 0.4) is 0 Å². The van der Waals surface area contributed by atoms with Crippen molar-refractivity contribution >= 4 is 10.0 Å². The number of nitrogens with one attached hydrogen (secondary N) is 2. The predicted octanol–water partition coefficient (Wildman–Crippen LogP) is 0.283. The molecular formula is C9H10N4O2S. The Hall–Kier alpha value is -1.73. The fraction of sp³-hybridized carbons (Fsp3) is 0.111. The van der Waals surface area contributed by atoms with Gasteiger partial charge in [-0.1, -0.05) is 6.07 Å². The van der Waals surface area contributed by atoms with E-state index in [0.29, 0.717) is 0 Å². The summed E-state index contributed by atoms with van der Waals surface area (Å²) in [5.41, 5.74) is 0.801. The molecule has 6 nitrogen and oxygen atoms in total. The second kappa shape index (κ2) is 4.42. The molecule has 2 rings (SSSR count). The van der Waals surface area contributed by atoms with Gasteiger partial charge in [-0.2, -0.15) is 5.10 Å². The Labute approximate surface area is 92.8 Å². The lowest BCUT2D eigenvalue weighted by Gasteiger charge is -2.03. The maximum Gasteiger partial charge on any atom is 0.243 e. The summed E-state index contributed by atoms with van der Waals surface area (Å²) in [5.74, 6) is 0. The lowest BCUT2D eigenvalue weighted by Crippen LogP contribution is -2.22. The lowest BCUT2D eigenvalue weighted by molar-refractivity contribution is 0.581. The fourth-order valence-electron chi connectivity index (χ4n) is 1.15. The topological polar surface area (TPSA) is 87.7 Å². The van der Waals surface area contributed by atoms with E-state index in [0.717, 1.165) is 5.56 Å². The second-order valence-electron chi connectivity index (χ2n) is 3.12. The van der Waals surface area contributed by atoms with Crippen molar-refractivity contribution in [1.82, 2.24) is 19.9 Å². The van der Waals surface area contributed by atoms with Crippen LogP contribution in [0.4, 0.5) is 0 Å². The summed E-state index contributed by atoms with van der Waals surface area (Å²) in [6.07, 6.45) is 5.82. The normalized spacial score (nSPS) is 11.5. The molecule has 2 heterocycles. The maximum absolute atomic E-state index is 11.7. The predicted molar refractivity (Wildman–Crippen MR) is 56.9 cm³/mol. The molecule has 0 aliphatic heterocycles. The highest BCUT2D eigenvalue weighted by Crippen LogP contribution is 2.05. The minimum Gasteiger partial charge on any atom is -0.284 e. The molecule has 0 saturated heterocycles. The number of hydrogen-bond acceptors (Lipinski definition) is 4. The quantitative estimate of drug-likeness (QED) is 0.801. The summed E-state index contributed by atoms with van der Waals surface area (Å²) >= 11 is 0. The molecule has 0 fully saturated rings. The van der Waals surface area contributed by atoms with Crippen LogP contribution >= 0.6 is 0 Å². The average Bonchev–Trinajstić information content (AvgIpc) is 2.82.